The van der Waals surface area contributed by atoms with Crippen LogP contribution in [0.15, 0.2) is 42.5 Å². The maximum absolute atomic E-state index is 13.4. The van der Waals surface area contributed by atoms with E-state index in [0.717, 1.165) is 17.8 Å². The van der Waals surface area contributed by atoms with Gasteiger partial charge >= 0.3 is 18.1 Å². The summed E-state index contributed by atoms with van der Waals surface area (Å²) >= 11 is 6.01. The van der Waals surface area contributed by atoms with Gasteiger partial charge in [-0.2, -0.15) is 13.2 Å². The molecule has 0 aromatic heterocycles. The third-order valence-electron chi connectivity index (χ3n) is 6.73. The number of carbonyl (C=O) groups excluding carboxylic acids is 2. The van der Waals surface area contributed by atoms with Gasteiger partial charge in [-0.25, -0.2) is 0 Å². The molecular formula is C24H22ClF3N2O4. The maximum Gasteiger partial charge on any atom is 0.416 e. The van der Waals surface area contributed by atoms with Crippen LogP contribution in [0, 0.1) is 5.41 Å². The second-order valence-corrected chi connectivity index (χ2v) is 9.74. The average molecular weight is 495 g/mol. The summed E-state index contributed by atoms with van der Waals surface area (Å²) in [6, 6.07) is 9.95. The molecule has 5 rings (SSSR count). The first-order chi connectivity index (χ1) is 15.9. The van der Waals surface area contributed by atoms with Crippen molar-refractivity contribution in [3.8, 4) is 0 Å². The molecule has 0 aliphatic carbocycles. The lowest BCUT2D eigenvalue weighted by Gasteiger charge is -2.55. The number of cyclic esters (lactones) is 2. The molecule has 0 N–H and O–H groups in total. The molecule has 0 radical (unpaired) electrons. The summed E-state index contributed by atoms with van der Waals surface area (Å²) < 4.78 is 51.3. The molecule has 3 aliphatic rings. The van der Waals surface area contributed by atoms with Gasteiger partial charge in [0.25, 0.3) is 5.79 Å². The Bertz CT molecular complexity index is 1150. The molecule has 1 spiro atoms. The van der Waals surface area contributed by atoms with Crippen LogP contribution in [0.4, 0.5) is 24.5 Å². The van der Waals surface area contributed by atoms with E-state index in [4.69, 9.17) is 21.1 Å². The van der Waals surface area contributed by atoms with Crippen LogP contribution < -0.4 is 9.80 Å². The lowest BCUT2D eigenvalue weighted by atomic mass is 9.69. The predicted octanol–water partition coefficient (Wildman–Crippen LogP) is 4.43. The summed E-state index contributed by atoms with van der Waals surface area (Å²) in [5.41, 5.74) is -0.935. The smallest absolute Gasteiger partial charge is 0.416 e. The van der Waals surface area contributed by atoms with E-state index in [0.29, 0.717) is 23.8 Å². The molecule has 0 bridgehead atoms. The van der Waals surface area contributed by atoms with Gasteiger partial charge < -0.3 is 19.3 Å². The minimum atomic E-state index is -4.55. The first-order valence-corrected chi connectivity index (χ1v) is 11.2. The third kappa shape index (κ3) is 3.57. The molecule has 180 valence electrons. The second kappa shape index (κ2) is 7.53. The quantitative estimate of drug-likeness (QED) is 0.432. The van der Waals surface area contributed by atoms with Gasteiger partial charge in [0.05, 0.1) is 11.6 Å². The molecular weight excluding hydrogens is 473 g/mol. The van der Waals surface area contributed by atoms with Crippen molar-refractivity contribution in [3.63, 3.8) is 0 Å². The maximum atomic E-state index is 13.4. The van der Waals surface area contributed by atoms with Crippen molar-refractivity contribution in [1.82, 2.24) is 0 Å². The number of benzene rings is 2. The van der Waals surface area contributed by atoms with Gasteiger partial charge in [0.1, 0.15) is 0 Å². The van der Waals surface area contributed by atoms with Crippen LogP contribution in [-0.4, -0.2) is 43.4 Å². The van der Waals surface area contributed by atoms with Gasteiger partial charge in [-0.05, 0) is 48.0 Å². The third-order valence-corrected chi connectivity index (χ3v) is 6.98. The molecule has 1 atom stereocenters. The number of nitrogens with zero attached hydrogens (tertiary/aromatic N) is 2. The number of piperazine rings is 1. The van der Waals surface area contributed by atoms with Crippen molar-refractivity contribution in [2.45, 2.75) is 38.3 Å². The number of esters is 2. The molecule has 10 heteroatoms. The fourth-order valence-corrected chi connectivity index (χ4v) is 5.26. The SMILES string of the molecule is CC1(C)OC(=O)C2(Cc3cc(C(F)(F)F)ccc3N3CCN(c4ccc(Cl)cc4)CC32)C(=O)O1. The molecule has 3 heterocycles. The summed E-state index contributed by atoms with van der Waals surface area (Å²) in [6.45, 7) is 4.09. The highest BCUT2D eigenvalue weighted by atomic mass is 35.5. The molecule has 2 aromatic rings. The van der Waals surface area contributed by atoms with E-state index in [-0.39, 0.29) is 18.5 Å². The van der Waals surface area contributed by atoms with Crippen LogP contribution in [0.25, 0.3) is 0 Å². The highest BCUT2D eigenvalue weighted by molar-refractivity contribution is 6.30. The van der Waals surface area contributed by atoms with E-state index in [1.807, 2.05) is 21.9 Å². The highest BCUT2D eigenvalue weighted by Gasteiger charge is 2.65. The normalized spacial score (nSPS) is 23.2. The molecule has 6 nitrogen and oxygen atoms in total. The fraction of sp³-hybridized carbons (Fsp3) is 0.417. The van der Waals surface area contributed by atoms with Gasteiger partial charge in [0.2, 0.25) is 0 Å². The number of hydrogen-bond donors (Lipinski definition) is 0. The topological polar surface area (TPSA) is 59.1 Å². The monoisotopic (exact) mass is 494 g/mol. The number of fused-ring (bicyclic) bond motifs is 4. The molecule has 0 saturated carbocycles. The summed E-state index contributed by atoms with van der Waals surface area (Å²) in [6.07, 6.45) is -4.79. The lowest BCUT2D eigenvalue weighted by Crippen LogP contribution is -2.71. The van der Waals surface area contributed by atoms with Crippen LogP contribution in [0.5, 0.6) is 0 Å². The van der Waals surface area contributed by atoms with E-state index in [1.54, 1.807) is 12.1 Å². The van der Waals surface area contributed by atoms with Crippen molar-refractivity contribution in [2.75, 3.05) is 29.4 Å². The van der Waals surface area contributed by atoms with Crippen molar-refractivity contribution < 1.29 is 32.2 Å². The van der Waals surface area contributed by atoms with E-state index in [1.165, 1.54) is 19.9 Å². The van der Waals surface area contributed by atoms with E-state index in [9.17, 15) is 22.8 Å². The zero-order valence-electron chi connectivity index (χ0n) is 18.5. The van der Waals surface area contributed by atoms with Crippen LogP contribution in [-0.2, 0) is 31.7 Å². The van der Waals surface area contributed by atoms with E-state index >= 15 is 0 Å². The van der Waals surface area contributed by atoms with E-state index in [2.05, 4.69) is 0 Å². The molecule has 3 aliphatic heterocycles. The van der Waals surface area contributed by atoms with Gasteiger partial charge in [0.15, 0.2) is 5.41 Å². The first-order valence-electron chi connectivity index (χ1n) is 10.8. The Hall–Kier alpha value is -2.94. The number of halogens is 4. The van der Waals surface area contributed by atoms with Crippen LogP contribution in [0.3, 0.4) is 0 Å². The number of anilines is 2. The minimum Gasteiger partial charge on any atom is -0.422 e. The van der Waals surface area contributed by atoms with Gasteiger partial charge in [0, 0.05) is 56.3 Å². The summed E-state index contributed by atoms with van der Waals surface area (Å²) in [5, 5.41) is 0.576. The Labute approximate surface area is 199 Å². The first kappa shape index (κ1) is 22.8. The van der Waals surface area contributed by atoms with E-state index < -0.39 is 40.9 Å². The predicted molar refractivity (Wildman–Crippen MR) is 119 cm³/mol. The van der Waals surface area contributed by atoms with Crippen molar-refractivity contribution in [1.29, 1.82) is 0 Å². The van der Waals surface area contributed by atoms with Crippen molar-refractivity contribution in [3.05, 3.63) is 58.6 Å². The second-order valence-electron chi connectivity index (χ2n) is 9.30. The summed E-state index contributed by atoms with van der Waals surface area (Å²) in [5.74, 6) is -3.03. The van der Waals surface area contributed by atoms with Crippen molar-refractivity contribution >= 4 is 34.9 Å². The Morgan fingerprint density at radius 1 is 1.00 bits per heavy atom. The van der Waals surface area contributed by atoms with Gasteiger partial charge in [-0.15, -0.1) is 0 Å². The molecule has 0 amide bonds. The summed E-state index contributed by atoms with van der Waals surface area (Å²) in [7, 11) is 0. The Morgan fingerprint density at radius 2 is 1.65 bits per heavy atom. The number of carbonyl (C=O) groups is 2. The van der Waals surface area contributed by atoms with Gasteiger partial charge in [-0.3, -0.25) is 9.59 Å². The van der Waals surface area contributed by atoms with Gasteiger partial charge in [-0.1, -0.05) is 11.6 Å². The zero-order chi connectivity index (χ0) is 24.5. The Morgan fingerprint density at radius 3 is 2.26 bits per heavy atom. The van der Waals surface area contributed by atoms with Crippen LogP contribution in [0.2, 0.25) is 5.02 Å². The number of hydrogen-bond acceptors (Lipinski definition) is 6. The highest BCUT2D eigenvalue weighted by Crippen LogP contribution is 2.49. The van der Waals surface area contributed by atoms with Crippen LogP contribution >= 0.6 is 11.6 Å². The molecule has 2 aromatic carbocycles. The lowest BCUT2D eigenvalue weighted by molar-refractivity contribution is -0.253. The zero-order valence-corrected chi connectivity index (χ0v) is 19.2. The minimum absolute atomic E-state index is 0.240. The Kier molecular flexibility index (Phi) is 5.06. The Balaban J connectivity index is 1.61. The number of alkyl halides is 3. The largest absolute Gasteiger partial charge is 0.422 e. The molecule has 2 saturated heterocycles. The fourth-order valence-electron chi connectivity index (χ4n) is 5.13. The number of ether oxygens (including phenoxy) is 2. The average Bonchev–Trinajstić information content (AvgIpc) is 2.76. The molecule has 2 fully saturated rings. The number of rotatable bonds is 1. The molecule has 34 heavy (non-hydrogen) atoms. The molecule has 1 unspecified atom stereocenters. The van der Waals surface area contributed by atoms with Crippen LogP contribution in [0.1, 0.15) is 25.0 Å². The summed E-state index contributed by atoms with van der Waals surface area (Å²) in [4.78, 5) is 30.7. The van der Waals surface area contributed by atoms with Crippen molar-refractivity contribution in [2.24, 2.45) is 5.41 Å². The standard InChI is InChI=1S/C24H22ClF3N2O4/c1-22(2)33-20(31)23(21(32)34-22)12-14-11-15(24(26,27)28)3-8-18(14)30-10-9-29(13-19(23)30)17-6-4-16(25)5-7-17/h3-8,11,19H,9-10,12-13H2,1-2H3.